The largest absolute Gasteiger partial charge is 0.497 e. The van der Waals surface area contributed by atoms with Gasteiger partial charge in [0, 0.05) is 55.9 Å². The molecule has 3 aromatic carbocycles. The lowest BCUT2D eigenvalue weighted by Crippen LogP contribution is -2.26. The van der Waals surface area contributed by atoms with Crippen LogP contribution in [0.3, 0.4) is 0 Å². The number of carbonyl (C=O) groups excluding carboxylic acids is 7. The molecule has 0 unspecified atom stereocenters. The van der Waals surface area contributed by atoms with E-state index < -0.39 is 44.7 Å². The average Bonchev–Trinajstić information content (AvgIpc) is 0.784. The van der Waals surface area contributed by atoms with Gasteiger partial charge in [-0.05, 0) is 205 Å². The molecule has 0 atom stereocenters. The van der Waals surface area contributed by atoms with Gasteiger partial charge in [-0.1, -0.05) is 67.9 Å². The number of aryl methyl sites for hydroxylation is 4. The van der Waals surface area contributed by atoms with Gasteiger partial charge in [-0.3, -0.25) is 9.36 Å². The number of anilines is 1. The van der Waals surface area contributed by atoms with Crippen molar-refractivity contribution < 1.29 is 80.6 Å². The third-order valence-electron chi connectivity index (χ3n) is 12.6. The second-order valence-electron chi connectivity index (χ2n) is 20.9. The van der Waals surface area contributed by atoms with Crippen molar-refractivity contribution in [2.45, 2.75) is 105 Å². The monoisotopic (exact) mass is 1670 g/mol. The van der Waals surface area contributed by atoms with Gasteiger partial charge < -0.3 is 62.9 Å². The Kier molecular flexibility index (Phi) is 50.5. The van der Waals surface area contributed by atoms with E-state index >= 15 is 0 Å². The quantitative estimate of drug-likeness (QED) is 0.0111. The van der Waals surface area contributed by atoms with Crippen molar-refractivity contribution in [2.75, 3.05) is 60.7 Å². The number of hydrogen-bond acceptors (Lipinski definition) is 27. The highest BCUT2D eigenvalue weighted by Crippen LogP contribution is 2.28. The summed E-state index contributed by atoms with van der Waals surface area (Å²) in [7, 11) is 7.54. The summed E-state index contributed by atoms with van der Waals surface area (Å²) in [5, 5.41) is 20.0. The number of fused-ring (bicyclic) bond motifs is 1. The number of ether oxygens (including phenoxy) is 9. The molecule has 586 valence electrons. The molecule has 0 bridgehead atoms. The predicted molar refractivity (Wildman–Crippen MR) is 417 cm³/mol. The Morgan fingerprint density at radius 3 is 1.52 bits per heavy atom. The molecule has 8 aromatic rings. The first-order valence-corrected chi connectivity index (χ1v) is 35.0. The Labute approximate surface area is 664 Å². The molecule has 0 amide bonds. The lowest BCUT2D eigenvalue weighted by atomic mass is 10.2. The molecule has 0 aliphatic carbocycles. The van der Waals surface area contributed by atoms with Crippen LogP contribution in [0.5, 0.6) is 17.2 Å². The maximum atomic E-state index is 12.0. The van der Waals surface area contributed by atoms with E-state index in [9.17, 15) is 43.2 Å². The fourth-order valence-electron chi connectivity index (χ4n) is 7.59. The number of benzene rings is 3. The summed E-state index contributed by atoms with van der Waals surface area (Å²) in [6, 6.07) is 33.0. The van der Waals surface area contributed by atoms with E-state index in [2.05, 4.69) is 71.7 Å². The van der Waals surface area contributed by atoms with Crippen LogP contribution in [-0.2, 0) is 62.4 Å². The summed E-state index contributed by atoms with van der Waals surface area (Å²) in [6.07, 6.45) is 10.2. The van der Waals surface area contributed by atoms with Crippen molar-refractivity contribution >= 4 is 132 Å². The highest BCUT2D eigenvalue weighted by Gasteiger charge is 2.24. The molecular weight excluding hydrogens is 1590 g/mol. The van der Waals surface area contributed by atoms with Gasteiger partial charge in [-0.25, -0.2) is 53.5 Å². The lowest BCUT2D eigenvalue weighted by Gasteiger charge is -2.11. The van der Waals surface area contributed by atoms with Gasteiger partial charge in [0.15, 0.2) is 5.65 Å². The topological polar surface area (TPSA) is 392 Å². The van der Waals surface area contributed by atoms with Gasteiger partial charge in [0.05, 0.1) is 79.1 Å². The maximum absolute atomic E-state index is 12.0. The highest BCUT2D eigenvalue weighted by molar-refractivity contribution is 9.10. The number of nitrogens with zero attached hydrogens (tertiary/aromatic N) is 7. The molecule has 0 saturated carbocycles. The van der Waals surface area contributed by atoms with Crippen LogP contribution in [0.25, 0.3) is 11.0 Å². The van der Waals surface area contributed by atoms with Crippen molar-refractivity contribution in [2.24, 2.45) is 5.73 Å². The number of alkyl halides is 3. The molecule has 0 radical (unpaired) electrons. The number of aromatic nitrogens is 5. The number of pyridine rings is 4. The molecule has 34 heteroatoms. The molecule has 0 saturated heterocycles. The van der Waals surface area contributed by atoms with Crippen molar-refractivity contribution in [3.05, 3.63) is 220 Å². The molecule has 28 nitrogen and oxygen atoms in total. The second kappa shape index (κ2) is 55.9. The molecule has 0 fully saturated rings. The standard InChI is InChI=1S/C16H14N2O4.C16H18N2O3.C9H10BrNO2.C8H8ClNO2.C8H11NO2.C8H11NO.C5H7NO2.C3H6O.C2Cl4O2/c1-10-7-13-14(17-8-10)18(16(20)22-15(13)19)9-11-3-5-12(21-2)6-4-11;1-11-8-14(16(19)21-3)15(17-9-11)18-10-12-4-6-13(20-2)7-5-12;1-3-13-9(12)7-4-6(2)5-11-8(7)10;1-5-3-6(8(11)12-2)7(9)10-4-5;1-3-5-7(6-9)8(10)11-4-2;1-10-8-4-2-7(6-9)3-5-8;1-2-8-5(7)3-4-6;1-2-3-4;3-1(7)8-2(4,5)6/h3-8H,9H2,1-2H3;4-9H,10H2,1-3H3,(H,17,18);4-5H,3H2,1-2H3;3-4H,1-2H3;5H,3-4H2,1-2H3;2-5H,6,9H2,1H3;2-3H2,1H3;3H,2H2,1H3;/b;;;;7-5+;;;;. The minimum atomic E-state index is -2.04. The van der Waals surface area contributed by atoms with Gasteiger partial charge in [0.1, 0.15) is 68.1 Å². The molecule has 0 spiro atoms. The number of nitriles is 2. The molecule has 0 aliphatic heterocycles. The fraction of sp³-hybridized carbons (Fsp3) is 0.320. The van der Waals surface area contributed by atoms with Gasteiger partial charge in [-0.2, -0.15) is 10.5 Å². The molecule has 8 rings (SSSR count). The van der Waals surface area contributed by atoms with Crippen LogP contribution in [0, 0.1) is 50.4 Å². The van der Waals surface area contributed by atoms with Crippen molar-refractivity contribution in [3.63, 3.8) is 0 Å². The number of esters is 5. The Morgan fingerprint density at radius 1 is 0.624 bits per heavy atom. The number of nitrogens with two attached hydrogens (primary N) is 1. The minimum absolute atomic E-state index is 0.0920. The fourth-order valence-corrected chi connectivity index (χ4v) is 8.59. The number of halogens is 6. The summed E-state index contributed by atoms with van der Waals surface area (Å²) < 4.78 is 46.8. The number of carbonyl (C=O) groups is 7. The van der Waals surface area contributed by atoms with Crippen LogP contribution in [0.2, 0.25) is 5.15 Å². The summed E-state index contributed by atoms with van der Waals surface area (Å²) in [5.41, 5.74) is 11.8. The average molecular weight is 1670 g/mol. The number of rotatable bonds is 19. The van der Waals surface area contributed by atoms with Crippen LogP contribution in [0.4, 0.5) is 10.6 Å². The zero-order chi connectivity index (χ0) is 82.6. The van der Waals surface area contributed by atoms with E-state index in [1.807, 2.05) is 102 Å². The van der Waals surface area contributed by atoms with Crippen molar-refractivity contribution in [1.29, 1.82) is 10.5 Å². The summed E-state index contributed by atoms with van der Waals surface area (Å²) in [4.78, 5) is 114. The third-order valence-corrected chi connectivity index (χ3v) is 13.8. The Hall–Kier alpha value is -10.5. The van der Waals surface area contributed by atoms with Gasteiger partial charge in [0.2, 0.25) is 0 Å². The van der Waals surface area contributed by atoms with E-state index in [-0.39, 0.29) is 29.7 Å². The highest BCUT2D eigenvalue weighted by atomic mass is 79.9. The summed E-state index contributed by atoms with van der Waals surface area (Å²) in [6.45, 7) is 18.7. The zero-order valence-electron chi connectivity index (χ0n) is 62.3. The smallest absolute Gasteiger partial charge is 0.423 e. The Balaban J connectivity index is 0.00000125. The van der Waals surface area contributed by atoms with Crippen LogP contribution in [-0.4, -0.2) is 125 Å². The van der Waals surface area contributed by atoms with Crippen LogP contribution >= 0.6 is 73.9 Å². The second-order valence-corrected chi connectivity index (χ2v) is 24.5. The first-order chi connectivity index (χ1) is 51.8. The first kappa shape index (κ1) is 98.5. The van der Waals surface area contributed by atoms with Gasteiger partial charge >= 0.3 is 50.6 Å². The van der Waals surface area contributed by atoms with Crippen LogP contribution in [0.1, 0.15) is 124 Å². The SMILES string of the molecule is CC/C=C(\C#N)C(=O)OCC.CCC=O.CCOC(=O)CC#N.CCOC(=O)c1cc(C)cnc1Br.COC(=O)c1cc(C)cnc1Cl.COC(=O)c1cc(C)cnc1NCc1ccc(OC)cc1.COc1ccc(CN)cc1.COc1ccc(Cn2c(=O)oc(=O)c3cc(C)cnc32)cc1.O=C(Cl)OC(Cl)(Cl)Cl. The lowest BCUT2D eigenvalue weighted by molar-refractivity contribution is -0.142. The van der Waals surface area contributed by atoms with Gasteiger partial charge in [0.25, 0.3) is 0 Å². The molecule has 0 aliphatic rings. The number of hydrogen-bond donors (Lipinski definition) is 2. The van der Waals surface area contributed by atoms with Crippen LogP contribution in [0.15, 0.2) is 152 Å². The van der Waals surface area contributed by atoms with Crippen molar-refractivity contribution in [3.8, 4) is 29.4 Å². The Morgan fingerprint density at radius 2 is 1.08 bits per heavy atom. The first-order valence-electron chi connectivity index (χ1n) is 32.3. The van der Waals surface area contributed by atoms with E-state index in [0.29, 0.717) is 83.9 Å². The number of nitrogens with one attached hydrogen (secondary N) is 1. The molecule has 5 heterocycles. The molecule has 5 aromatic heterocycles. The molecular formula is C75H85BrCl5N9O19. The van der Waals surface area contributed by atoms with E-state index in [1.165, 1.54) is 18.8 Å². The molecule has 3 N–H and O–H groups in total. The normalized spacial score (nSPS) is 9.84. The third kappa shape index (κ3) is 40.9. The summed E-state index contributed by atoms with van der Waals surface area (Å²) in [5.74, 6) is 0.0268. The summed E-state index contributed by atoms with van der Waals surface area (Å²) >= 11 is 28.3. The Bertz CT molecular complexity index is 4390. The van der Waals surface area contributed by atoms with E-state index in [4.69, 9.17) is 90.8 Å². The van der Waals surface area contributed by atoms with Crippen LogP contribution < -0.4 is 36.6 Å². The number of aldehydes is 1. The number of allylic oxidation sites excluding steroid dienone is 1. The maximum Gasteiger partial charge on any atom is 0.423 e. The predicted octanol–water partition coefficient (Wildman–Crippen LogP) is 15.0. The van der Waals surface area contributed by atoms with E-state index in [0.717, 1.165) is 62.5 Å². The minimum Gasteiger partial charge on any atom is -0.497 e. The molecule has 109 heavy (non-hydrogen) atoms. The van der Waals surface area contributed by atoms with Gasteiger partial charge in [-0.15, -0.1) is 0 Å². The van der Waals surface area contributed by atoms with E-state index in [1.54, 1.807) is 122 Å². The number of methoxy groups -OCH3 is 5. The zero-order valence-corrected chi connectivity index (χ0v) is 67.7. The van der Waals surface area contributed by atoms with Crippen molar-refractivity contribution in [1.82, 2.24) is 24.5 Å².